The maximum Gasteiger partial charge on any atom is 0.219 e. The molecule has 3 heteroatoms. The Labute approximate surface area is 80.5 Å². The standard InChI is InChI=1S/C10H20N2O/c1-3-6-11-8-10-5-4-7-12(10)9(2)13/h10-11H,3-8H2,1-2H3/t10-/m1/s1. The molecular formula is C10H20N2O. The van der Waals surface area contributed by atoms with Crippen LogP contribution in [0.25, 0.3) is 0 Å². The fraction of sp³-hybridized carbons (Fsp3) is 0.900. The summed E-state index contributed by atoms with van der Waals surface area (Å²) >= 11 is 0. The highest BCUT2D eigenvalue weighted by Crippen LogP contribution is 2.16. The molecule has 76 valence electrons. The summed E-state index contributed by atoms with van der Waals surface area (Å²) in [4.78, 5) is 13.2. The van der Waals surface area contributed by atoms with E-state index in [4.69, 9.17) is 0 Å². The minimum Gasteiger partial charge on any atom is -0.339 e. The summed E-state index contributed by atoms with van der Waals surface area (Å²) in [5, 5.41) is 3.37. The SMILES string of the molecule is CCCNC[C@H]1CCCN1C(C)=O. The van der Waals surface area contributed by atoms with E-state index in [1.54, 1.807) is 6.92 Å². The highest BCUT2D eigenvalue weighted by atomic mass is 16.2. The zero-order chi connectivity index (χ0) is 9.68. The minimum absolute atomic E-state index is 0.223. The number of carbonyl (C=O) groups excluding carboxylic acids is 1. The molecule has 1 amide bonds. The van der Waals surface area contributed by atoms with Crippen LogP contribution in [0.5, 0.6) is 0 Å². The van der Waals surface area contributed by atoms with Gasteiger partial charge in [0.15, 0.2) is 0 Å². The molecule has 1 aliphatic heterocycles. The fourth-order valence-electron chi connectivity index (χ4n) is 1.91. The predicted molar refractivity (Wildman–Crippen MR) is 53.6 cm³/mol. The van der Waals surface area contributed by atoms with Gasteiger partial charge in [-0.2, -0.15) is 0 Å². The van der Waals surface area contributed by atoms with Gasteiger partial charge in [-0.1, -0.05) is 6.92 Å². The molecule has 0 aromatic carbocycles. The predicted octanol–water partition coefficient (Wildman–Crippen LogP) is 0.997. The Kier molecular flexibility index (Phi) is 4.22. The topological polar surface area (TPSA) is 32.3 Å². The van der Waals surface area contributed by atoms with Crippen LogP contribution < -0.4 is 5.32 Å². The van der Waals surface area contributed by atoms with Gasteiger partial charge >= 0.3 is 0 Å². The maximum absolute atomic E-state index is 11.2. The molecule has 0 saturated carbocycles. The van der Waals surface area contributed by atoms with Crippen molar-refractivity contribution in [3.05, 3.63) is 0 Å². The largest absolute Gasteiger partial charge is 0.339 e. The summed E-state index contributed by atoms with van der Waals surface area (Å²) in [6.07, 6.45) is 3.49. The van der Waals surface area contributed by atoms with E-state index < -0.39 is 0 Å². The Bertz CT molecular complexity index is 170. The molecule has 1 atom stereocenters. The van der Waals surface area contributed by atoms with Gasteiger partial charge in [0.1, 0.15) is 0 Å². The third kappa shape index (κ3) is 2.99. The van der Waals surface area contributed by atoms with Crippen molar-refractivity contribution in [1.82, 2.24) is 10.2 Å². The highest BCUT2D eigenvalue weighted by Gasteiger charge is 2.25. The van der Waals surface area contributed by atoms with Gasteiger partial charge < -0.3 is 10.2 Å². The highest BCUT2D eigenvalue weighted by molar-refractivity contribution is 5.73. The summed E-state index contributed by atoms with van der Waals surface area (Å²) in [6.45, 7) is 6.80. The molecule has 0 aliphatic carbocycles. The Balaban J connectivity index is 2.27. The number of hydrogen-bond acceptors (Lipinski definition) is 2. The van der Waals surface area contributed by atoms with Gasteiger partial charge in [0, 0.05) is 26.1 Å². The number of nitrogens with one attached hydrogen (secondary N) is 1. The Morgan fingerprint density at radius 3 is 3.00 bits per heavy atom. The summed E-state index contributed by atoms with van der Waals surface area (Å²) in [6, 6.07) is 0.448. The molecule has 0 aromatic rings. The van der Waals surface area contributed by atoms with Crippen LogP contribution in [0.1, 0.15) is 33.1 Å². The average Bonchev–Trinajstić information content (AvgIpc) is 2.53. The van der Waals surface area contributed by atoms with Crippen LogP contribution in [-0.2, 0) is 4.79 Å². The molecule has 1 heterocycles. The van der Waals surface area contributed by atoms with E-state index in [1.165, 1.54) is 0 Å². The normalized spacial score (nSPS) is 22.3. The number of amides is 1. The second-order valence-corrected chi connectivity index (χ2v) is 3.71. The Hall–Kier alpha value is -0.570. The average molecular weight is 184 g/mol. The number of rotatable bonds is 4. The molecule has 0 spiro atoms. The molecule has 1 fully saturated rings. The van der Waals surface area contributed by atoms with Gasteiger partial charge in [-0.3, -0.25) is 4.79 Å². The zero-order valence-corrected chi connectivity index (χ0v) is 8.68. The minimum atomic E-state index is 0.223. The fourth-order valence-corrected chi connectivity index (χ4v) is 1.91. The van der Waals surface area contributed by atoms with Gasteiger partial charge in [0.25, 0.3) is 0 Å². The van der Waals surface area contributed by atoms with Crippen molar-refractivity contribution in [2.75, 3.05) is 19.6 Å². The van der Waals surface area contributed by atoms with Crippen molar-refractivity contribution >= 4 is 5.91 Å². The number of likely N-dealkylation sites (tertiary alicyclic amines) is 1. The van der Waals surface area contributed by atoms with Crippen LogP contribution in [0.3, 0.4) is 0 Å². The van der Waals surface area contributed by atoms with E-state index >= 15 is 0 Å². The summed E-state index contributed by atoms with van der Waals surface area (Å²) in [5.41, 5.74) is 0. The van der Waals surface area contributed by atoms with Gasteiger partial charge in [-0.05, 0) is 25.8 Å². The Morgan fingerprint density at radius 1 is 1.62 bits per heavy atom. The van der Waals surface area contributed by atoms with Crippen molar-refractivity contribution in [1.29, 1.82) is 0 Å². The quantitative estimate of drug-likeness (QED) is 0.661. The van der Waals surface area contributed by atoms with Crippen LogP contribution in [0.4, 0.5) is 0 Å². The molecule has 3 nitrogen and oxygen atoms in total. The van der Waals surface area contributed by atoms with Crippen molar-refractivity contribution < 1.29 is 4.79 Å². The van der Waals surface area contributed by atoms with Gasteiger partial charge in [-0.15, -0.1) is 0 Å². The van der Waals surface area contributed by atoms with E-state index in [0.29, 0.717) is 6.04 Å². The van der Waals surface area contributed by atoms with E-state index in [1.807, 2.05) is 4.90 Å². The second-order valence-electron chi connectivity index (χ2n) is 3.71. The molecule has 1 rings (SSSR count). The Morgan fingerprint density at radius 2 is 2.38 bits per heavy atom. The van der Waals surface area contributed by atoms with E-state index in [9.17, 15) is 4.79 Å². The lowest BCUT2D eigenvalue weighted by Crippen LogP contribution is -2.40. The summed E-state index contributed by atoms with van der Waals surface area (Å²) in [7, 11) is 0. The van der Waals surface area contributed by atoms with Crippen molar-refractivity contribution in [2.45, 2.75) is 39.2 Å². The lowest BCUT2D eigenvalue weighted by molar-refractivity contribution is -0.129. The summed E-state index contributed by atoms with van der Waals surface area (Å²) in [5.74, 6) is 0.223. The lowest BCUT2D eigenvalue weighted by Gasteiger charge is -2.23. The molecular weight excluding hydrogens is 164 g/mol. The number of hydrogen-bond donors (Lipinski definition) is 1. The molecule has 0 aromatic heterocycles. The number of carbonyl (C=O) groups is 1. The first kappa shape index (κ1) is 10.5. The molecule has 1 aliphatic rings. The van der Waals surface area contributed by atoms with Gasteiger partial charge in [0.05, 0.1) is 0 Å². The molecule has 1 N–H and O–H groups in total. The zero-order valence-electron chi connectivity index (χ0n) is 8.68. The third-order valence-electron chi connectivity index (χ3n) is 2.59. The van der Waals surface area contributed by atoms with E-state index in [0.717, 1.165) is 38.9 Å². The van der Waals surface area contributed by atoms with Crippen LogP contribution in [0.15, 0.2) is 0 Å². The van der Waals surface area contributed by atoms with E-state index in [2.05, 4.69) is 12.2 Å². The van der Waals surface area contributed by atoms with Crippen molar-refractivity contribution in [3.63, 3.8) is 0 Å². The molecule has 0 unspecified atom stereocenters. The van der Waals surface area contributed by atoms with Crippen LogP contribution >= 0.6 is 0 Å². The van der Waals surface area contributed by atoms with Crippen molar-refractivity contribution in [3.8, 4) is 0 Å². The van der Waals surface area contributed by atoms with Crippen LogP contribution in [0, 0.1) is 0 Å². The first-order valence-electron chi connectivity index (χ1n) is 5.23. The van der Waals surface area contributed by atoms with Gasteiger partial charge in [-0.25, -0.2) is 0 Å². The molecule has 0 bridgehead atoms. The summed E-state index contributed by atoms with van der Waals surface area (Å²) < 4.78 is 0. The second kappa shape index (κ2) is 5.22. The molecule has 13 heavy (non-hydrogen) atoms. The lowest BCUT2D eigenvalue weighted by atomic mass is 10.2. The smallest absolute Gasteiger partial charge is 0.219 e. The monoisotopic (exact) mass is 184 g/mol. The van der Waals surface area contributed by atoms with Crippen LogP contribution in [-0.4, -0.2) is 36.5 Å². The first-order valence-corrected chi connectivity index (χ1v) is 5.23. The van der Waals surface area contributed by atoms with E-state index in [-0.39, 0.29) is 5.91 Å². The molecule has 0 radical (unpaired) electrons. The molecule has 1 saturated heterocycles. The van der Waals surface area contributed by atoms with Gasteiger partial charge in [0.2, 0.25) is 5.91 Å². The third-order valence-corrected chi connectivity index (χ3v) is 2.59. The van der Waals surface area contributed by atoms with Crippen LogP contribution in [0.2, 0.25) is 0 Å². The first-order chi connectivity index (χ1) is 6.25. The number of nitrogens with zero attached hydrogens (tertiary/aromatic N) is 1. The maximum atomic E-state index is 11.2. The van der Waals surface area contributed by atoms with Crippen molar-refractivity contribution in [2.24, 2.45) is 0 Å².